The van der Waals surface area contributed by atoms with Crippen LogP contribution in [0.2, 0.25) is 0 Å². The molecule has 1 aromatic heterocycles. The first kappa shape index (κ1) is 15.2. The monoisotopic (exact) mass is 352 g/mol. The maximum absolute atomic E-state index is 11.2. The highest BCUT2D eigenvalue weighted by Gasteiger charge is 2.24. The molecule has 0 saturated carbocycles. The quantitative estimate of drug-likeness (QED) is 0.667. The summed E-state index contributed by atoms with van der Waals surface area (Å²) in [5, 5.41) is 14.0. The van der Waals surface area contributed by atoms with E-state index in [1.807, 2.05) is 19.1 Å². The van der Waals surface area contributed by atoms with E-state index in [-0.39, 0.29) is 23.2 Å². The van der Waals surface area contributed by atoms with Gasteiger partial charge in [-0.05, 0) is 31.5 Å². The summed E-state index contributed by atoms with van der Waals surface area (Å²) in [6.45, 7) is 3.39. The number of benzene rings is 1. The molecule has 110 valence electrons. The number of aromatic nitrogens is 2. The molecular formula is C13H13BrN4O3. The van der Waals surface area contributed by atoms with Gasteiger partial charge in [0.1, 0.15) is 11.4 Å². The molecule has 1 heterocycles. The number of aryl methyl sites for hydroxylation is 2. The Morgan fingerprint density at radius 1 is 1.33 bits per heavy atom. The van der Waals surface area contributed by atoms with Gasteiger partial charge in [0.25, 0.3) is 0 Å². The van der Waals surface area contributed by atoms with Crippen LogP contribution in [-0.2, 0) is 0 Å². The Hall–Kier alpha value is -2.22. The minimum atomic E-state index is -0.544. The predicted octanol–water partition coefficient (Wildman–Crippen LogP) is 3.60. The van der Waals surface area contributed by atoms with E-state index in [1.54, 1.807) is 20.0 Å². The largest absolute Gasteiger partial charge is 0.433 e. The van der Waals surface area contributed by atoms with Crippen molar-refractivity contribution in [2.75, 3.05) is 12.4 Å². The fourth-order valence-corrected chi connectivity index (χ4v) is 2.06. The Kier molecular flexibility index (Phi) is 4.37. The molecule has 2 rings (SSSR count). The highest BCUT2D eigenvalue weighted by Crippen LogP contribution is 2.34. The van der Waals surface area contributed by atoms with Crippen molar-refractivity contribution in [1.29, 1.82) is 0 Å². The Labute approximate surface area is 129 Å². The van der Waals surface area contributed by atoms with Gasteiger partial charge in [0.15, 0.2) is 0 Å². The van der Waals surface area contributed by atoms with Crippen molar-refractivity contribution in [3.05, 3.63) is 44.0 Å². The fourth-order valence-electron chi connectivity index (χ4n) is 1.72. The Morgan fingerprint density at radius 3 is 2.67 bits per heavy atom. The van der Waals surface area contributed by atoms with Crippen LogP contribution in [0.1, 0.15) is 11.3 Å². The number of hydrogen-bond donors (Lipinski definition) is 1. The lowest BCUT2D eigenvalue weighted by molar-refractivity contribution is -0.386. The lowest BCUT2D eigenvalue weighted by atomic mass is 10.2. The van der Waals surface area contributed by atoms with E-state index in [0.717, 1.165) is 10.0 Å². The van der Waals surface area contributed by atoms with E-state index in [2.05, 4.69) is 31.2 Å². The molecule has 7 nitrogen and oxygen atoms in total. The van der Waals surface area contributed by atoms with Crippen LogP contribution in [0.15, 0.2) is 22.7 Å². The lowest BCUT2D eigenvalue weighted by Gasteiger charge is -2.10. The molecule has 0 fully saturated rings. The predicted molar refractivity (Wildman–Crippen MR) is 81.9 cm³/mol. The SMILES string of the molecule is CNc1nc(C)c([N+](=O)[O-])c(Oc2cc(Br)ccc2C)n1. The first-order valence-corrected chi connectivity index (χ1v) is 6.86. The highest BCUT2D eigenvalue weighted by atomic mass is 79.9. The van der Waals surface area contributed by atoms with E-state index in [0.29, 0.717) is 5.75 Å². The summed E-state index contributed by atoms with van der Waals surface area (Å²) >= 11 is 3.34. The summed E-state index contributed by atoms with van der Waals surface area (Å²) in [5.41, 5.74) is 0.838. The first-order chi connectivity index (χ1) is 9.92. The minimum absolute atomic E-state index is 0.0851. The summed E-state index contributed by atoms with van der Waals surface area (Å²) < 4.78 is 6.45. The van der Waals surface area contributed by atoms with Crippen molar-refractivity contribution in [1.82, 2.24) is 9.97 Å². The van der Waals surface area contributed by atoms with E-state index in [1.165, 1.54) is 0 Å². The van der Waals surface area contributed by atoms with Crippen molar-refractivity contribution < 1.29 is 9.66 Å². The summed E-state index contributed by atoms with van der Waals surface area (Å²) in [5.74, 6) is 0.673. The van der Waals surface area contributed by atoms with Gasteiger partial charge in [-0.25, -0.2) is 4.98 Å². The summed E-state index contributed by atoms with van der Waals surface area (Å²) in [4.78, 5) is 18.7. The minimum Gasteiger partial charge on any atom is -0.433 e. The van der Waals surface area contributed by atoms with Crippen molar-refractivity contribution >= 4 is 27.6 Å². The van der Waals surface area contributed by atoms with Crippen LogP contribution in [0.25, 0.3) is 0 Å². The molecule has 0 bridgehead atoms. The number of ether oxygens (including phenoxy) is 1. The summed E-state index contributed by atoms with van der Waals surface area (Å²) in [6.07, 6.45) is 0. The van der Waals surface area contributed by atoms with Crippen LogP contribution in [0.5, 0.6) is 11.6 Å². The molecule has 0 spiro atoms. The van der Waals surface area contributed by atoms with Crippen molar-refractivity contribution in [2.24, 2.45) is 0 Å². The average Bonchev–Trinajstić information content (AvgIpc) is 2.41. The number of rotatable bonds is 4. The third-order valence-corrected chi connectivity index (χ3v) is 3.28. The van der Waals surface area contributed by atoms with Gasteiger partial charge in [-0.15, -0.1) is 0 Å². The Balaban J connectivity index is 2.54. The average molecular weight is 353 g/mol. The van der Waals surface area contributed by atoms with E-state index < -0.39 is 4.92 Å². The van der Waals surface area contributed by atoms with Crippen LogP contribution in [0, 0.1) is 24.0 Å². The van der Waals surface area contributed by atoms with Crippen LogP contribution < -0.4 is 10.1 Å². The summed E-state index contributed by atoms with van der Waals surface area (Å²) in [6, 6.07) is 5.44. The Morgan fingerprint density at radius 2 is 2.05 bits per heavy atom. The molecule has 0 saturated heterocycles. The number of nitrogens with one attached hydrogen (secondary N) is 1. The maximum atomic E-state index is 11.2. The zero-order chi connectivity index (χ0) is 15.6. The molecule has 0 radical (unpaired) electrons. The topological polar surface area (TPSA) is 90.2 Å². The zero-order valence-corrected chi connectivity index (χ0v) is 13.3. The van der Waals surface area contributed by atoms with Gasteiger partial charge in [0, 0.05) is 11.5 Å². The number of nitro groups is 1. The second-order valence-electron chi connectivity index (χ2n) is 4.31. The van der Waals surface area contributed by atoms with Gasteiger partial charge < -0.3 is 10.1 Å². The van der Waals surface area contributed by atoms with Crippen LogP contribution in [0.3, 0.4) is 0 Å². The first-order valence-electron chi connectivity index (χ1n) is 6.07. The van der Waals surface area contributed by atoms with Gasteiger partial charge in [-0.2, -0.15) is 4.98 Å². The second-order valence-corrected chi connectivity index (χ2v) is 5.22. The summed E-state index contributed by atoms with van der Waals surface area (Å²) in [7, 11) is 1.63. The van der Waals surface area contributed by atoms with E-state index >= 15 is 0 Å². The number of halogens is 1. The number of hydrogen-bond acceptors (Lipinski definition) is 6. The van der Waals surface area contributed by atoms with E-state index in [4.69, 9.17) is 4.74 Å². The molecule has 0 amide bonds. The molecule has 1 N–H and O–H groups in total. The third kappa shape index (κ3) is 3.27. The smallest absolute Gasteiger partial charge is 0.352 e. The van der Waals surface area contributed by atoms with E-state index in [9.17, 15) is 10.1 Å². The molecule has 0 atom stereocenters. The van der Waals surface area contributed by atoms with Crippen LogP contribution >= 0.6 is 15.9 Å². The number of anilines is 1. The van der Waals surface area contributed by atoms with Gasteiger partial charge in [0.05, 0.1) is 4.92 Å². The maximum Gasteiger partial charge on any atom is 0.352 e. The molecule has 8 heteroatoms. The Bertz CT molecular complexity index is 706. The molecular weight excluding hydrogens is 340 g/mol. The van der Waals surface area contributed by atoms with Gasteiger partial charge in [0.2, 0.25) is 5.95 Å². The van der Waals surface area contributed by atoms with Gasteiger partial charge in [-0.3, -0.25) is 10.1 Å². The lowest BCUT2D eigenvalue weighted by Crippen LogP contribution is -2.05. The molecule has 1 aromatic carbocycles. The molecule has 0 aliphatic rings. The molecule has 0 aliphatic carbocycles. The molecule has 21 heavy (non-hydrogen) atoms. The van der Waals surface area contributed by atoms with Crippen molar-refractivity contribution in [3.8, 4) is 11.6 Å². The highest BCUT2D eigenvalue weighted by molar-refractivity contribution is 9.10. The third-order valence-electron chi connectivity index (χ3n) is 2.79. The van der Waals surface area contributed by atoms with Crippen molar-refractivity contribution in [2.45, 2.75) is 13.8 Å². The normalized spacial score (nSPS) is 10.3. The van der Waals surface area contributed by atoms with Crippen molar-refractivity contribution in [3.63, 3.8) is 0 Å². The number of nitrogens with zero attached hydrogens (tertiary/aromatic N) is 3. The molecule has 0 unspecified atom stereocenters. The fraction of sp³-hybridized carbons (Fsp3) is 0.231. The molecule has 0 aliphatic heterocycles. The van der Waals surface area contributed by atoms with Gasteiger partial charge in [-0.1, -0.05) is 22.0 Å². The second kappa shape index (κ2) is 6.04. The standard InChI is InChI=1S/C13H13BrN4O3/c1-7-4-5-9(14)6-10(7)21-12-11(18(19)20)8(2)16-13(15-3)17-12/h4-6H,1-3H3,(H,15,16,17). The van der Waals surface area contributed by atoms with Gasteiger partial charge >= 0.3 is 11.6 Å². The van der Waals surface area contributed by atoms with Crippen LogP contribution in [-0.4, -0.2) is 21.9 Å². The zero-order valence-electron chi connectivity index (χ0n) is 11.7. The van der Waals surface area contributed by atoms with Crippen LogP contribution in [0.4, 0.5) is 11.6 Å². The molecule has 2 aromatic rings.